The second-order valence-electron chi connectivity index (χ2n) is 5.23. The molecule has 0 unspecified atom stereocenters. The zero-order valence-electron chi connectivity index (χ0n) is 14.0. The van der Waals surface area contributed by atoms with Crippen molar-refractivity contribution in [3.63, 3.8) is 0 Å². The molecule has 0 atom stereocenters. The Morgan fingerprint density at radius 1 is 1.13 bits per heavy atom. The molecule has 6 heteroatoms. The zero-order valence-corrected chi connectivity index (χ0v) is 14.0. The van der Waals surface area contributed by atoms with Crippen LogP contribution in [-0.4, -0.2) is 37.7 Å². The van der Waals surface area contributed by atoms with Crippen LogP contribution in [0.25, 0.3) is 0 Å². The first-order chi connectivity index (χ1) is 11.3. The van der Waals surface area contributed by atoms with Gasteiger partial charge in [-0.05, 0) is 62.7 Å². The maximum atomic E-state index is 5.46. The van der Waals surface area contributed by atoms with Crippen molar-refractivity contribution in [2.75, 3.05) is 38.4 Å². The molecule has 0 fully saturated rings. The van der Waals surface area contributed by atoms with E-state index in [0.29, 0.717) is 5.95 Å². The highest BCUT2D eigenvalue weighted by molar-refractivity contribution is 5.58. The Bertz CT molecular complexity index is 618. The molecule has 0 spiro atoms. The van der Waals surface area contributed by atoms with Gasteiger partial charge in [0.2, 0.25) is 5.95 Å². The molecule has 0 saturated carbocycles. The molecule has 1 aromatic heterocycles. The Morgan fingerprint density at radius 3 is 2.74 bits per heavy atom. The lowest BCUT2D eigenvalue weighted by atomic mass is 10.1. The number of hydrogen-bond acceptors (Lipinski definition) is 6. The Morgan fingerprint density at radius 2 is 2.00 bits per heavy atom. The van der Waals surface area contributed by atoms with Gasteiger partial charge in [0.25, 0.3) is 0 Å². The number of anilines is 3. The molecule has 1 heterocycles. The smallest absolute Gasteiger partial charge is 0.229 e. The Balaban J connectivity index is 2.09. The van der Waals surface area contributed by atoms with Crippen molar-refractivity contribution in [2.45, 2.75) is 19.3 Å². The normalized spacial score (nSPS) is 10.4. The number of nitrogens with zero attached hydrogens (tertiary/aromatic N) is 2. The van der Waals surface area contributed by atoms with E-state index < -0.39 is 0 Å². The number of aromatic nitrogens is 2. The molecule has 2 aromatic rings. The third-order valence-corrected chi connectivity index (χ3v) is 3.57. The Kier molecular flexibility index (Phi) is 6.62. The summed E-state index contributed by atoms with van der Waals surface area (Å²) in [7, 11) is 5.52. The van der Waals surface area contributed by atoms with E-state index in [0.717, 1.165) is 43.1 Å². The van der Waals surface area contributed by atoms with Crippen molar-refractivity contribution >= 4 is 17.5 Å². The summed E-state index contributed by atoms with van der Waals surface area (Å²) >= 11 is 0. The fourth-order valence-electron chi connectivity index (χ4n) is 2.36. The number of aryl methyl sites for hydroxylation is 1. The zero-order chi connectivity index (χ0) is 16.5. The van der Waals surface area contributed by atoms with Crippen molar-refractivity contribution in [1.29, 1.82) is 0 Å². The average Bonchev–Trinajstić information content (AvgIpc) is 2.59. The SMILES string of the molecule is CNCCCCc1cc(Nc2nccc(NC)n2)ccc1OC. The number of nitrogens with one attached hydrogen (secondary N) is 3. The lowest BCUT2D eigenvalue weighted by Crippen LogP contribution is -2.07. The number of benzene rings is 1. The van der Waals surface area contributed by atoms with Gasteiger partial charge in [0.05, 0.1) is 7.11 Å². The van der Waals surface area contributed by atoms with Gasteiger partial charge in [-0.1, -0.05) is 0 Å². The molecule has 6 nitrogen and oxygen atoms in total. The van der Waals surface area contributed by atoms with Gasteiger partial charge in [0, 0.05) is 18.9 Å². The van der Waals surface area contributed by atoms with Crippen LogP contribution in [0.1, 0.15) is 18.4 Å². The molecule has 0 saturated heterocycles. The van der Waals surface area contributed by atoms with E-state index in [1.807, 2.05) is 32.3 Å². The van der Waals surface area contributed by atoms with Crippen LogP contribution in [-0.2, 0) is 6.42 Å². The minimum Gasteiger partial charge on any atom is -0.496 e. The lowest BCUT2D eigenvalue weighted by molar-refractivity contribution is 0.409. The molecule has 124 valence electrons. The van der Waals surface area contributed by atoms with Gasteiger partial charge in [-0.15, -0.1) is 0 Å². The van der Waals surface area contributed by atoms with E-state index >= 15 is 0 Å². The summed E-state index contributed by atoms with van der Waals surface area (Å²) < 4.78 is 5.46. The number of rotatable bonds is 9. The summed E-state index contributed by atoms with van der Waals surface area (Å²) in [6.07, 6.45) is 4.97. The van der Waals surface area contributed by atoms with Gasteiger partial charge < -0.3 is 20.7 Å². The molecule has 1 aromatic carbocycles. The molecular formula is C17H25N5O. The van der Waals surface area contributed by atoms with E-state index in [4.69, 9.17) is 4.74 Å². The highest BCUT2D eigenvalue weighted by Crippen LogP contribution is 2.25. The second-order valence-corrected chi connectivity index (χ2v) is 5.23. The first-order valence-corrected chi connectivity index (χ1v) is 7.86. The molecule has 0 radical (unpaired) electrons. The first kappa shape index (κ1) is 17.0. The minimum absolute atomic E-state index is 0.572. The van der Waals surface area contributed by atoms with Gasteiger partial charge in [0.15, 0.2) is 0 Å². The summed E-state index contributed by atoms with van der Waals surface area (Å²) in [6, 6.07) is 7.89. The Hall–Kier alpha value is -2.34. The maximum absolute atomic E-state index is 5.46. The fourth-order valence-corrected chi connectivity index (χ4v) is 2.36. The van der Waals surface area contributed by atoms with E-state index in [1.165, 1.54) is 5.56 Å². The van der Waals surface area contributed by atoms with Crippen LogP contribution >= 0.6 is 0 Å². The van der Waals surface area contributed by atoms with Crippen molar-refractivity contribution < 1.29 is 4.74 Å². The highest BCUT2D eigenvalue weighted by Gasteiger charge is 2.06. The molecule has 0 bridgehead atoms. The molecular weight excluding hydrogens is 290 g/mol. The van der Waals surface area contributed by atoms with E-state index in [2.05, 4.69) is 32.0 Å². The molecule has 0 amide bonds. The highest BCUT2D eigenvalue weighted by atomic mass is 16.5. The topological polar surface area (TPSA) is 71.1 Å². The largest absolute Gasteiger partial charge is 0.496 e. The van der Waals surface area contributed by atoms with Crippen LogP contribution in [0.4, 0.5) is 17.5 Å². The minimum atomic E-state index is 0.572. The average molecular weight is 315 g/mol. The standard InChI is InChI=1S/C17H25N5O/c1-18-10-5-4-6-13-12-14(7-8-15(13)23-3)21-17-20-11-9-16(19-2)22-17/h7-9,11-12,18H,4-6,10H2,1-3H3,(H2,19,20,21,22). The first-order valence-electron chi connectivity index (χ1n) is 7.86. The van der Waals surface area contributed by atoms with E-state index in [9.17, 15) is 0 Å². The van der Waals surface area contributed by atoms with Gasteiger partial charge in [-0.3, -0.25) is 0 Å². The monoisotopic (exact) mass is 315 g/mol. The molecule has 0 aliphatic rings. The summed E-state index contributed by atoms with van der Waals surface area (Å²) in [5.41, 5.74) is 2.15. The van der Waals surface area contributed by atoms with Gasteiger partial charge in [-0.2, -0.15) is 4.98 Å². The van der Waals surface area contributed by atoms with Crippen LogP contribution < -0.4 is 20.7 Å². The second kappa shape index (κ2) is 8.95. The van der Waals surface area contributed by atoms with Crippen LogP contribution in [0.15, 0.2) is 30.5 Å². The lowest BCUT2D eigenvalue weighted by Gasteiger charge is -2.12. The van der Waals surface area contributed by atoms with E-state index in [-0.39, 0.29) is 0 Å². The van der Waals surface area contributed by atoms with Crippen molar-refractivity contribution in [3.8, 4) is 5.75 Å². The molecule has 0 aliphatic carbocycles. The maximum Gasteiger partial charge on any atom is 0.229 e. The number of ether oxygens (including phenoxy) is 1. The third-order valence-electron chi connectivity index (χ3n) is 3.57. The van der Waals surface area contributed by atoms with Gasteiger partial charge >= 0.3 is 0 Å². The molecule has 23 heavy (non-hydrogen) atoms. The van der Waals surface area contributed by atoms with Gasteiger partial charge in [0.1, 0.15) is 11.6 Å². The molecule has 3 N–H and O–H groups in total. The van der Waals surface area contributed by atoms with Gasteiger partial charge in [-0.25, -0.2) is 4.98 Å². The fraction of sp³-hybridized carbons (Fsp3) is 0.412. The summed E-state index contributed by atoms with van der Waals surface area (Å²) in [5.74, 6) is 2.27. The predicted octanol–water partition coefficient (Wildman–Crippen LogP) is 2.81. The van der Waals surface area contributed by atoms with Crippen LogP contribution in [0.5, 0.6) is 5.75 Å². The van der Waals surface area contributed by atoms with Crippen LogP contribution in [0, 0.1) is 0 Å². The Labute approximate surface area is 137 Å². The van der Waals surface area contributed by atoms with Crippen molar-refractivity contribution in [3.05, 3.63) is 36.0 Å². The summed E-state index contributed by atoms with van der Waals surface area (Å²) in [5, 5.41) is 9.42. The number of methoxy groups -OCH3 is 1. The van der Waals surface area contributed by atoms with Crippen LogP contribution in [0.2, 0.25) is 0 Å². The molecule has 0 aliphatic heterocycles. The van der Waals surface area contributed by atoms with E-state index in [1.54, 1.807) is 13.3 Å². The summed E-state index contributed by atoms with van der Waals surface area (Å²) in [6.45, 7) is 1.03. The third kappa shape index (κ3) is 5.10. The predicted molar refractivity (Wildman–Crippen MR) is 94.7 cm³/mol. The number of unbranched alkanes of at least 4 members (excludes halogenated alkanes) is 1. The number of hydrogen-bond donors (Lipinski definition) is 3. The quantitative estimate of drug-likeness (QED) is 0.618. The van der Waals surface area contributed by atoms with Crippen LogP contribution in [0.3, 0.4) is 0 Å². The summed E-state index contributed by atoms with van der Waals surface area (Å²) in [4.78, 5) is 8.61. The van der Waals surface area contributed by atoms with Crippen molar-refractivity contribution in [2.24, 2.45) is 0 Å². The van der Waals surface area contributed by atoms with Crippen molar-refractivity contribution in [1.82, 2.24) is 15.3 Å². The molecule has 2 rings (SSSR count).